The quantitative estimate of drug-likeness (QED) is 0.645. The van der Waals surface area contributed by atoms with E-state index in [1.165, 1.54) is 11.1 Å². The van der Waals surface area contributed by atoms with E-state index in [0.29, 0.717) is 6.61 Å². The van der Waals surface area contributed by atoms with Crippen LogP contribution in [0.15, 0.2) is 79.1 Å². The fourth-order valence-corrected chi connectivity index (χ4v) is 2.41. The second-order valence-corrected chi connectivity index (χ2v) is 5.24. The Hall–Kier alpha value is -2.32. The predicted molar refractivity (Wildman–Crippen MR) is 96.1 cm³/mol. The van der Waals surface area contributed by atoms with E-state index in [-0.39, 0.29) is 12.4 Å². The van der Waals surface area contributed by atoms with Crippen LogP contribution in [-0.2, 0) is 19.4 Å². The summed E-state index contributed by atoms with van der Waals surface area (Å²) in [6.07, 6.45) is 5.59. The zero-order valence-electron chi connectivity index (χ0n) is 12.9. The topological polar surface area (TPSA) is 22.1 Å². The Morgan fingerprint density at radius 1 is 0.696 bits per heavy atom. The van der Waals surface area contributed by atoms with Crippen molar-refractivity contribution in [2.75, 3.05) is 0 Å². The third-order valence-corrected chi connectivity index (χ3v) is 3.64. The first kappa shape index (κ1) is 17.0. The third-order valence-electron chi connectivity index (χ3n) is 3.64. The summed E-state index contributed by atoms with van der Waals surface area (Å²) in [5, 5.41) is 0. The smallest absolute Gasteiger partial charge is 0.123 e. The highest BCUT2D eigenvalue weighted by atomic mass is 35.5. The van der Waals surface area contributed by atoms with Gasteiger partial charge in [0.05, 0.1) is 0 Å². The van der Waals surface area contributed by atoms with Crippen molar-refractivity contribution in [3.05, 3.63) is 95.8 Å². The maximum absolute atomic E-state index is 5.98. The second-order valence-electron chi connectivity index (χ2n) is 5.24. The van der Waals surface area contributed by atoms with Gasteiger partial charge in [0.2, 0.25) is 0 Å². The van der Waals surface area contributed by atoms with E-state index in [9.17, 15) is 0 Å². The van der Waals surface area contributed by atoms with E-state index < -0.39 is 0 Å². The molecule has 0 saturated carbocycles. The van der Waals surface area contributed by atoms with Crippen molar-refractivity contribution in [2.24, 2.45) is 0 Å². The van der Waals surface area contributed by atoms with E-state index in [4.69, 9.17) is 4.74 Å². The Balaban J connectivity index is 0.00000192. The zero-order valence-corrected chi connectivity index (χ0v) is 13.7. The lowest BCUT2D eigenvalue weighted by atomic mass is 10.0. The van der Waals surface area contributed by atoms with Gasteiger partial charge in [-0.05, 0) is 47.7 Å². The van der Waals surface area contributed by atoms with Gasteiger partial charge in [-0.25, -0.2) is 0 Å². The van der Waals surface area contributed by atoms with Gasteiger partial charge in [-0.1, -0.05) is 48.5 Å². The van der Waals surface area contributed by atoms with Gasteiger partial charge in [0.15, 0.2) is 0 Å². The average molecular weight is 326 g/mol. The van der Waals surface area contributed by atoms with Crippen LogP contribution in [-0.4, -0.2) is 4.98 Å². The van der Waals surface area contributed by atoms with E-state index in [0.717, 1.165) is 24.2 Å². The summed E-state index contributed by atoms with van der Waals surface area (Å²) in [4.78, 5) is 4.03. The number of halogens is 1. The summed E-state index contributed by atoms with van der Waals surface area (Å²) >= 11 is 0. The lowest BCUT2D eigenvalue weighted by molar-refractivity contribution is 0.303. The fraction of sp³-hybridized carbons (Fsp3) is 0.150. The molecule has 0 radical (unpaired) electrons. The van der Waals surface area contributed by atoms with Gasteiger partial charge in [0, 0.05) is 12.4 Å². The highest BCUT2D eigenvalue weighted by Crippen LogP contribution is 2.21. The summed E-state index contributed by atoms with van der Waals surface area (Å²) in [6, 6.07) is 22.8. The molecule has 0 unspecified atom stereocenters. The summed E-state index contributed by atoms with van der Waals surface area (Å²) in [6.45, 7) is 0.574. The van der Waals surface area contributed by atoms with Gasteiger partial charge >= 0.3 is 0 Å². The molecular weight excluding hydrogens is 306 g/mol. The van der Waals surface area contributed by atoms with E-state index >= 15 is 0 Å². The van der Waals surface area contributed by atoms with Crippen LogP contribution >= 0.6 is 12.4 Å². The van der Waals surface area contributed by atoms with Crippen LogP contribution in [0.25, 0.3) is 0 Å². The molecule has 3 aromatic rings. The minimum absolute atomic E-state index is 0. The molecule has 23 heavy (non-hydrogen) atoms. The highest BCUT2D eigenvalue weighted by Gasteiger charge is 2.04. The monoisotopic (exact) mass is 325 g/mol. The van der Waals surface area contributed by atoms with Crippen molar-refractivity contribution < 1.29 is 4.74 Å². The van der Waals surface area contributed by atoms with E-state index in [1.54, 1.807) is 12.4 Å². The lowest BCUT2D eigenvalue weighted by Crippen LogP contribution is -2.00. The van der Waals surface area contributed by atoms with Crippen molar-refractivity contribution in [3.63, 3.8) is 0 Å². The first-order valence-electron chi connectivity index (χ1n) is 7.55. The molecule has 0 spiro atoms. The molecule has 3 rings (SSSR count). The average Bonchev–Trinajstić information content (AvgIpc) is 2.61. The van der Waals surface area contributed by atoms with Crippen molar-refractivity contribution in [3.8, 4) is 5.75 Å². The Morgan fingerprint density at radius 3 is 2.17 bits per heavy atom. The van der Waals surface area contributed by atoms with Crippen LogP contribution < -0.4 is 4.74 Å². The Bertz CT molecular complexity index is 639. The van der Waals surface area contributed by atoms with Crippen LogP contribution in [0.4, 0.5) is 0 Å². The van der Waals surface area contributed by atoms with Gasteiger partial charge in [0.25, 0.3) is 0 Å². The Kier molecular flexibility index (Phi) is 6.64. The molecule has 0 atom stereocenters. The lowest BCUT2D eigenvalue weighted by Gasteiger charge is -2.11. The molecule has 2 nitrogen and oxygen atoms in total. The maximum Gasteiger partial charge on any atom is 0.123 e. The van der Waals surface area contributed by atoms with Crippen LogP contribution in [0.1, 0.15) is 16.7 Å². The molecule has 0 fully saturated rings. The van der Waals surface area contributed by atoms with Gasteiger partial charge in [-0.15, -0.1) is 12.4 Å². The molecule has 0 N–H and O–H groups in total. The largest absolute Gasteiger partial charge is 0.489 e. The number of ether oxygens (including phenoxy) is 1. The molecule has 118 valence electrons. The summed E-state index contributed by atoms with van der Waals surface area (Å²) in [7, 11) is 0. The third kappa shape index (κ3) is 5.11. The summed E-state index contributed by atoms with van der Waals surface area (Å²) in [5.74, 6) is 0.968. The number of aromatic nitrogens is 1. The number of hydrogen-bond acceptors (Lipinski definition) is 2. The number of hydrogen-bond donors (Lipinski definition) is 0. The molecule has 1 aromatic heterocycles. The van der Waals surface area contributed by atoms with Crippen LogP contribution in [0.5, 0.6) is 5.75 Å². The second kappa shape index (κ2) is 8.96. The van der Waals surface area contributed by atoms with E-state index in [2.05, 4.69) is 47.4 Å². The van der Waals surface area contributed by atoms with Crippen LogP contribution in [0, 0.1) is 0 Å². The first-order valence-corrected chi connectivity index (χ1v) is 7.55. The number of nitrogens with zero attached hydrogens (tertiary/aromatic N) is 1. The highest BCUT2D eigenvalue weighted by molar-refractivity contribution is 5.85. The minimum Gasteiger partial charge on any atom is -0.489 e. The molecule has 0 saturated heterocycles. The SMILES string of the molecule is Cl.c1ccc(CCc2ccccc2OCc2ccncc2)cc1. The number of pyridine rings is 1. The molecule has 0 aliphatic heterocycles. The van der Waals surface area contributed by atoms with Crippen LogP contribution in [0.2, 0.25) is 0 Å². The number of para-hydroxylation sites is 1. The van der Waals surface area contributed by atoms with Crippen molar-refractivity contribution in [1.82, 2.24) is 4.98 Å². The van der Waals surface area contributed by atoms with Gasteiger partial charge in [0.1, 0.15) is 12.4 Å². The molecule has 0 amide bonds. The standard InChI is InChI=1S/C20H19NO.ClH/c1-2-6-17(7-3-1)10-11-19-8-4-5-9-20(19)22-16-18-12-14-21-15-13-18;/h1-9,12-15H,10-11,16H2;1H. The van der Waals surface area contributed by atoms with E-state index in [1.807, 2.05) is 24.3 Å². The zero-order chi connectivity index (χ0) is 15.0. The first-order chi connectivity index (χ1) is 10.9. The van der Waals surface area contributed by atoms with Crippen LogP contribution in [0.3, 0.4) is 0 Å². The Morgan fingerprint density at radius 2 is 1.39 bits per heavy atom. The molecule has 2 aromatic carbocycles. The summed E-state index contributed by atoms with van der Waals surface area (Å²) < 4.78 is 5.98. The number of aryl methyl sites for hydroxylation is 2. The predicted octanol–water partition coefficient (Wildman–Crippen LogP) is 4.87. The van der Waals surface area contributed by atoms with Crippen molar-refractivity contribution >= 4 is 12.4 Å². The number of benzene rings is 2. The van der Waals surface area contributed by atoms with Gasteiger partial charge < -0.3 is 4.74 Å². The molecule has 0 aliphatic carbocycles. The van der Waals surface area contributed by atoms with Crippen molar-refractivity contribution in [1.29, 1.82) is 0 Å². The minimum atomic E-state index is 0. The molecule has 0 bridgehead atoms. The molecular formula is C20H20ClNO. The summed E-state index contributed by atoms with van der Waals surface area (Å²) in [5.41, 5.74) is 3.74. The maximum atomic E-state index is 5.98. The molecule has 3 heteroatoms. The molecule has 1 heterocycles. The van der Waals surface area contributed by atoms with Gasteiger partial charge in [-0.2, -0.15) is 0 Å². The Labute approximate surface area is 143 Å². The fourth-order valence-electron chi connectivity index (χ4n) is 2.41. The normalized spacial score (nSPS) is 9.91. The molecule has 0 aliphatic rings. The van der Waals surface area contributed by atoms with Gasteiger partial charge in [-0.3, -0.25) is 4.98 Å². The van der Waals surface area contributed by atoms with Crippen molar-refractivity contribution in [2.45, 2.75) is 19.4 Å². The number of rotatable bonds is 6.